The third-order valence-electron chi connectivity index (χ3n) is 4.09. The SMILES string of the molecule is COc1ccc(CNC(=O)[C@@H](C)OC(=O)c2ccc(S(C)(=O)=O)cc2)cc1OC. The van der Waals surface area contributed by atoms with Gasteiger partial charge >= 0.3 is 5.97 Å². The van der Waals surface area contributed by atoms with Gasteiger partial charge in [0.1, 0.15) is 0 Å². The second-order valence-electron chi connectivity index (χ2n) is 6.25. The largest absolute Gasteiger partial charge is 0.493 e. The van der Waals surface area contributed by atoms with Gasteiger partial charge in [-0.05, 0) is 48.9 Å². The van der Waals surface area contributed by atoms with Gasteiger partial charge in [0.2, 0.25) is 0 Å². The van der Waals surface area contributed by atoms with Crippen molar-refractivity contribution in [1.82, 2.24) is 5.32 Å². The highest BCUT2D eigenvalue weighted by Crippen LogP contribution is 2.27. The fourth-order valence-electron chi connectivity index (χ4n) is 2.44. The number of nitrogens with one attached hydrogen (secondary N) is 1. The van der Waals surface area contributed by atoms with Gasteiger partial charge in [-0.15, -0.1) is 0 Å². The summed E-state index contributed by atoms with van der Waals surface area (Å²) >= 11 is 0. The summed E-state index contributed by atoms with van der Waals surface area (Å²) in [6.07, 6.45) is 0.0442. The van der Waals surface area contributed by atoms with Gasteiger partial charge in [-0.2, -0.15) is 0 Å². The van der Waals surface area contributed by atoms with Crippen LogP contribution in [-0.2, 0) is 25.9 Å². The van der Waals surface area contributed by atoms with E-state index >= 15 is 0 Å². The molecule has 0 fully saturated rings. The first-order valence-electron chi connectivity index (χ1n) is 8.65. The second kappa shape index (κ2) is 9.42. The molecule has 0 aliphatic heterocycles. The van der Waals surface area contributed by atoms with E-state index in [1.165, 1.54) is 45.4 Å². The van der Waals surface area contributed by atoms with Crippen LogP contribution < -0.4 is 14.8 Å². The molecule has 0 radical (unpaired) electrons. The third-order valence-corrected chi connectivity index (χ3v) is 5.21. The van der Waals surface area contributed by atoms with Gasteiger partial charge in [-0.3, -0.25) is 4.79 Å². The van der Waals surface area contributed by atoms with Gasteiger partial charge in [0.15, 0.2) is 27.4 Å². The molecular weight excluding hydrogens is 398 g/mol. The maximum atomic E-state index is 12.2. The number of methoxy groups -OCH3 is 2. The van der Waals surface area contributed by atoms with Crippen LogP contribution in [0.25, 0.3) is 0 Å². The normalized spacial score (nSPS) is 12.0. The molecule has 0 aromatic heterocycles. The average Bonchev–Trinajstić information content (AvgIpc) is 2.70. The molecule has 29 heavy (non-hydrogen) atoms. The van der Waals surface area contributed by atoms with Crippen LogP contribution in [0.3, 0.4) is 0 Å². The summed E-state index contributed by atoms with van der Waals surface area (Å²) in [5, 5.41) is 2.68. The molecule has 2 rings (SSSR count). The monoisotopic (exact) mass is 421 g/mol. The Morgan fingerprint density at radius 3 is 2.17 bits per heavy atom. The minimum atomic E-state index is -3.36. The van der Waals surface area contributed by atoms with Gasteiger partial charge in [0.25, 0.3) is 5.91 Å². The van der Waals surface area contributed by atoms with Crippen LogP contribution in [0.1, 0.15) is 22.8 Å². The van der Waals surface area contributed by atoms with Gasteiger partial charge in [0, 0.05) is 12.8 Å². The summed E-state index contributed by atoms with van der Waals surface area (Å²) in [5.41, 5.74) is 0.933. The van der Waals surface area contributed by atoms with Crippen molar-refractivity contribution in [1.29, 1.82) is 0 Å². The van der Waals surface area contributed by atoms with Crippen molar-refractivity contribution in [2.75, 3.05) is 20.5 Å². The lowest BCUT2D eigenvalue weighted by Crippen LogP contribution is -2.35. The maximum Gasteiger partial charge on any atom is 0.338 e. The molecule has 0 saturated carbocycles. The predicted octanol–water partition coefficient (Wildman–Crippen LogP) is 1.97. The molecular formula is C20H23NO7S. The van der Waals surface area contributed by atoms with E-state index in [0.29, 0.717) is 11.5 Å². The zero-order chi connectivity index (χ0) is 21.6. The molecule has 1 N–H and O–H groups in total. The van der Waals surface area contributed by atoms with E-state index in [0.717, 1.165) is 11.8 Å². The fraction of sp³-hybridized carbons (Fsp3) is 0.300. The Morgan fingerprint density at radius 1 is 1.00 bits per heavy atom. The first-order valence-corrected chi connectivity index (χ1v) is 10.5. The van der Waals surface area contributed by atoms with Crippen molar-refractivity contribution in [2.24, 2.45) is 0 Å². The van der Waals surface area contributed by atoms with Crippen molar-refractivity contribution in [3.63, 3.8) is 0 Å². The standard InChI is InChI=1S/C20H23NO7S/c1-13(28-20(23)15-6-8-16(9-7-15)29(4,24)25)19(22)21-12-14-5-10-17(26-2)18(11-14)27-3/h5-11,13H,12H2,1-4H3,(H,21,22)/t13-/m1/s1. The molecule has 0 bridgehead atoms. The lowest BCUT2D eigenvalue weighted by atomic mass is 10.2. The van der Waals surface area contributed by atoms with Crippen molar-refractivity contribution in [3.8, 4) is 11.5 Å². The van der Waals surface area contributed by atoms with E-state index in [9.17, 15) is 18.0 Å². The van der Waals surface area contributed by atoms with Gasteiger partial charge in [-0.1, -0.05) is 6.07 Å². The van der Waals surface area contributed by atoms with Crippen LogP contribution >= 0.6 is 0 Å². The van der Waals surface area contributed by atoms with E-state index in [1.54, 1.807) is 18.2 Å². The number of esters is 1. The number of hydrogen-bond donors (Lipinski definition) is 1. The molecule has 0 spiro atoms. The Bertz CT molecular complexity index is 984. The quantitative estimate of drug-likeness (QED) is 0.649. The summed E-state index contributed by atoms with van der Waals surface area (Å²) in [5.74, 6) is -0.0808. The summed E-state index contributed by atoms with van der Waals surface area (Å²) in [7, 11) is -0.308. The Kier molecular flexibility index (Phi) is 7.22. The molecule has 156 valence electrons. The lowest BCUT2D eigenvalue weighted by molar-refractivity contribution is -0.129. The summed E-state index contributed by atoms with van der Waals surface area (Å²) in [6, 6.07) is 10.5. The molecule has 2 aromatic rings. The first kappa shape index (κ1) is 22.2. The zero-order valence-electron chi connectivity index (χ0n) is 16.6. The third kappa shape index (κ3) is 5.95. The molecule has 9 heteroatoms. The number of hydrogen-bond acceptors (Lipinski definition) is 7. The number of sulfone groups is 1. The van der Waals surface area contributed by atoms with Crippen molar-refractivity contribution in [3.05, 3.63) is 53.6 Å². The van der Waals surface area contributed by atoms with Crippen LogP contribution in [0.4, 0.5) is 0 Å². The molecule has 1 atom stereocenters. The van der Waals surface area contributed by atoms with Gasteiger partial charge in [0.05, 0.1) is 24.7 Å². The van der Waals surface area contributed by atoms with Gasteiger partial charge in [-0.25, -0.2) is 13.2 Å². The molecule has 0 unspecified atom stereocenters. The predicted molar refractivity (Wildman–Crippen MR) is 106 cm³/mol. The zero-order valence-corrected chi connectivity index (χ0v) is 17.4. The van der Waals surface area contributed by atoms with Crippen LogP contribution in [0.15, 0.2) is 47.4 Å². The number of benzene rings is 2. The molecule has 8 nitrogen and oxygen atoms in total. The molecule has 0 saturated heterocycles. The van der Waals surface area contributed by atoms with Crippen LogP contribution in [-0.4, -0.2) is 46.9 Å². The van der Waals surface area contributed by atoms with Crippen molar-refractivity contribution in [2.45, 2.75) is 24.5 Å². The summed E-state index contributed by atoms with van der Waals surface area (Å²) in [6.45, 7) is 1.66. The number of rotatable bonds is 8. The van der Waals surface area contributed by atoms with Crippen LogP contribution in [0.2, 0.25) is 0 Å². The van der Waals surface area contributed by atoms with E-state index in [1.807, 2.05) is 0 Å². The van der Waals surface area contributed by atoms with Crippen LogP contribution in [0.5, 0.6) is 11.5 Å². The number of carbonyl (C=O) groups is 2. The highest BCUT2D eigenvalue weighted by atomic mass is 32.2. The maximum absolute atomic E-state index is 12.2. The highest BCUT2D eigenvalue weighted by Gasteiger charge is 2.19. The molecule has 0 heterocycles. The minimum Gasteiger partial charge on any atom is -0.493 e. The lowest BCUT2D eigenvalue weighted by Gasteiger charge is -2.14. The molecule has 0 aliphatic rings. The number of carbonyl (C=O) groups excluding carboxylic acids is 2. The number of amides is 1. The smallest absolute Gasteiger partial charge is 0.338 e. The Hall–Kier alpha value is -3.07. The Morgan fingerprint density at radius 2 is 1.62 bits per heavy atom. The molecule has 2 aromatic carbocycles. The first-order chi connectivity index (χ1) is 13.7. The summed E-state index contributed by atoms with van der Waals surface area (Å²) < 4.78 is 38.5. The molecule has 1 amide bonds. The summed E-state index contributed by atoms with van der Waals surface area (Å²) in [4.78, 5) is 24.5. The Labute approximate surface area is 169 Å². The fourth-order valence-corrected chi connectivity index (χ4v) is 3.07. The highest BCUT2D eigenvalue weighted by molar-refractivity contribution is 7.90. The Balaban J connectivity index is 1.94. The van der Waals surface area contributed by atoms with E-state index in [4.69, 9.17) is 14.2 Å². The van der Waals surface area contributed by atoms with Gasteiger partial charge < -0.3 is 19.5 Å². The van der Waals surface area contributed by atoms with Crippen molar-refractivity contribution >= 4 is 21.7 Å². The van der Waals surface area contributed by atoms with E-state index in [-0.39, 0.29) is 17.0 Å². The topological polar surface area (TPSA) is 108 Å². The average molecular weight is 421 g/mol. The second-order valence-corrected chi connectivity index (χ2v) is 8.27. The van der Waals surface area contributed by atoms with Crippen LogP contribution in [0, 0.1) is 0 Å². The van der Waals surface area contributed by atoms with Crippen molar-refractivity contribution < 1.29 is 32.2 Å². The minimum absolute atomic E-state index is 0.0924. The van der Waals surface area contributed by atoms with E-state index in [2.05, 4.69) is 5.32 Å². The van der Waals surface area contributed by atoms with E-state index < -0.39 is 27.8 Å². The molecule has 0 aliphatic carbocycles. The number of ether oxygens (including phenoxy) is 3.